The number of hydrogen-bond acceptors (Lipinski definition) is 1. The highest BCUT2D eigenvalue weighted by Crippen LogP contribution is 2.36. The van der Waals surface area contributed by atoms with Gasteiger partial charge in [-0.05, 0) is 31.2 Å². The Morgan fingerprint density at radius 1 is 0.850 bits per heavy atom. The molecule has 0 aromatic rings. The summed E-state index contributed by atoms with van der Waals surface area (Å²) in [5.74, 6) is 0.845. The van der Waals surface area contributed by atoms with Crippen molar-refractivity contribution < 1.29 is 0 Å². The van der Waals surface area contributed by atoms with E-state index < -0.39 is 0 Å². The highest BCUT2D eigenvalue weighted by molar-refractivity contribution is 6.18. The summed E-state index contributed by atoms with van der Waals surface area (Å²) >= 11 is 6.22. The monoisotopic (exact) mass is 301 g/mol. The second-order valence-electron chi connectivity index (χ2n) is 6.85. The zero-order chi connectivity index (χ0) is 14.5. The normalized spacial score (nSPS) is 18.3. The Balaban J connectivity index is 1.91. The van der Waals surface area contributed by atoms with E-state index in [4.69, 9.17) is 11.6 Å². The molecule has 0 spiro atoms. The maximum Gasteiger partial charge on any atom is 0.0292 e. The van der Waals surface area contributed by atoms with Crippen molar-refractivity contribution in [3.05, 3.63) is 0 Å². The van der Waals surface area contributed by atoms with Crippen LogP contribution in [0.5, 0.6) is 0 Å². The third-order valence-electron chi connectivity index (χ3n) is 4.90. The Labute approximate surface area is 132 Å². The maximum atomic E-state index is 6.22. The van der Waals surface area contributed by atoms with Crippen LogP contribution in [0.2, 0.25) is 0 Å². The molecule has 1 N–H and O–H groups in total. The molecule has 0 heterocycles. The van der Waals surface area contributed by atoms with Crippen LogP contribution in [0.4, 0.5) is 0 Å². The van der Waals surface area contributed by atoms with Crippen molar-refractivity contribution in [2.75, 3.05) is 19.0 Å². The minimum atomic E-state index is 0.417. The average Bonchev–Trinajstić information content (AvgIpc) is 2.50. The second kappa shape index (κ2) is 11.9. The van der Waals surface area contributed by atoms with Crippen LogP contribution in [0.1, 0.15) is 90.4 Å². The van der Waals surface area contributed by atoms with Gasteiger partial charge in [-0.1, -0.05) is 71.1 Å². The topological polar surface area (TPSA) is 12.0 Å². The van der Waals surface area contributed by atoms with Gasteiger partial charge in [0.1, 0.15) is 0 Å². The van der Waals surface area contributed by atoms with Crippen molar-refractivity contribution in [2.45, 2.75) is 90.4 Å². The van der Waals surface area contributed by atoms with E-state index in [1.165, 1.54) is 90.0 Å². The van der Waals surface area contributed by atoms with Gasteiger partial charge >= 0.3 is 0 Å². The first-order valence-electron chi connectivity index (χ1n) is 9.10. The number of unbranched alkanes of at least 4 members (excludes halogenated alkanes) is 7. The molecule has 0 aliphatic heterocycles. The number of rotatable bonds is 12. The molecule has 0 bridgehead atoms. The fraction of sp³-hybridized carbons (Fsp3) is 1.00. The quantitative estimate of drug-likeness (QED) is 0.349. The lowest BCUT2D eigenvalue weighted by Crippen LogP contribution is -2.38. The molecule has 0 saturated heterocycles. The number of nitrogens with one attached hydrogen (secondary N) is 1. The molecule has 0 amide bonds. The van der Waals surface area contributed by atoms with Gasteiger partial charge in [-0.2, -0.15) is 0 Å². The van der Waals surface area contributed by atoms with Crippen molar-refractivity contribution in [1.29, 1.82) is 0 Å². The minimum absolute atomic E-state index is 0.417. The predicted molar refractivity (Wildman–Crippen MR) is 91.7 cm³/mol. The first-order valence-corrected chi connectivity index (χ1v) is 9.63. The Morgan fingerprint density at radius 2 is 1.45 bits per heavy atom. The van der Waals surface area contributed by atoms with E-state index in [0.717, 1.165) is 12.4 Å². The van der Waals surface area contributed by atoms with Gasteiger partial charge in [0.05, 0.1) is 0 Å². The largest absolute Gasteiger partial charge is 0.316 e. The van der Waals surface area contributed by atoms with Crippen LogP contribution in [0.25, 0.3) is 0 Å². The van der Waals surface area contributed by atoms with Gasteiger partial charge in [0.2, 0.25) is 0 Å². The molecule has 20 heavy (non-hydrogen) atoms. The molecule has 0 atom stereocenters. The van der Waals surface area contributed by atoms with Crippen LogP contribution in [0.15, 0.2) is 0 Å². The summed E-state index contributed by atoms with van der Waals surface area (Å²) in [5, 5.41) is 3.67. The third kappa shape index (κ3) is 7.88. The van der Waals surface area contributed by atoms with Gasteiger partial charge in [-0.3, -0.25) is 0 Å². The number of halogens is 1. The lowest BCUT2D eigenvalue weighted by molar-refractivity contribution is 0.212. The molecule has 1 aliphatic carbocycles. The van der Waals surface area contributed by atoms with E-state index in [1.807, 2.05) is 0 Å². The zero-order valence-corrected chi connectivity index (χ0v) is 14.4. The average molecular weight is 302 g/mol. The standard InChI is InChI=1S/C18H36ClN/c1-2-3-4-5-6-7-8-12-15-20-17-18(16-19)13-10-9-11-14-18/h20H,2-17H2,1H3. The molecule has 1 fully saturated rings. The molecule has 0 aromatic heterocycles. The van der Waals surface area contributed by atoms with E-state index in [0.29, 0.717) is 5.41 Å². The summed E-state index contributed by atoms with van der Waals surface area (Å²) in [6.45, 7) is 4.62. The summed E-state index contributed by atoms with van der Waals surface area (Å²) in [7, 11) is 0. The molecule has 1 rings (SSSR count). The molecule has 0 unspecified atom stereocenters. The molecule has 0 aromatic carbocycles. The van der Waals surface area contributed by atoms with Crippen LogP contribution in [0, 0.1) is 5.41 Å². The molecule has 1 aliphatic rings. The lowest BCUT2D eigenvalue weighted by atomic mass is 9.75. The van der Waals surface area contributed by atoms with Gasteiger partial charge in [-0.15, -0.1) is 11.6 Å². The molecule has 1 saturated carbocycles. The fourth-order valence-electron chi connectivity index (χ4n) is 3.40. The molecule has 0 radical (unpaired) electrons. The van der Waals surface area contributed by atoms with Crippen LogP contribution >= 0.6 is 11.6 Å². The van der Waals surface area contributed by atoms with Gasteiger partial charge in [0.15, 0.2) is 0 Å². The summed E-state index contributed by atoms with van der Waals surface area (Å²) < 4.78 is 0. The van der Waals surface area contributed by atoms with Crippen molar-refractivity contribution in [3.8, 4) is 0 Å². The summed E-state index contributed by atoms with van der Waals surface area (Å²) in [4.78, 5) is 0. The van der Waals surface area contributed by atoms with Crippen LogP contribution in [-0.4, -0.2) is 19.0 Å². The van der Waals surface area contributed by atoms with E-state index in [1.54, 1.807) is 0 Å². The molecular formula is C18H36ClN. The second-order valence-corrected chi connectivity index (χ2v) is 7.11. The smallest absolute Gasteiger partial charge is 0.0292 e. The molecular weight excluding hydrogens is 266 g/mol. The van der Waals surface area contributed by atoms with Crippen molar-refractivity contribution in [2.24, 2.45) is 5.41 Å². The van der Waals surface area contributed by atoms with Crippen molar-refractivity contribution in [3.63, 3.8) is 0 Å². The van der Waals surface area contributed by atoms with Crippen molar-refractivity contribution >= 4 is 11.6 Å². The van der Waals surface area contributed by atoms with Gasteiger partial charge in [0.25, 0.3) is 0 Å². The minimum Gasteiger partial charge on any atom is -0.316 e. The summed E-state index contributed by atoms with van der Waals surface area (Å²) in [6, 6.07) is 0. The Morgan fingerprint density at radius 3 is 2.05 bits per heavy atom. The molecule has 1 nitrogen and oxygen atoms in total. The molecule has 120 valence electrons. The Kier molecular flexibility index (Phi) is 10.9. The lowest BCUT2D eigenvalue weighted by Gasteiger charge is -2.35. The maximum absolute atomic E-state index is 6.22. The summed E-state index contributed by atoms with van der Waals surface area (Å²) in [6.07, 6.45) is 18.1. The van der Waals surface area contributed by atoms with Crippen LogP contribution in [0.3, 0.4) is 0 Å². The highest BCUT2D eigenvalue weighted by Gasteiger charge is 2.30. The zero-order valence-electron chi connectivity index (χ0n) is 13.7. The number of hydrogen-bond donors (Lipinski definition) is 1. The van der Waals surface area contributed by atoms with Crippen LogP contribution < -0.4 is 5.32 Å². The van der Waals surface area contributed by atoms with E-state index in [-0.39, 0.29) is 0 Å². The Hall–Kier alpha value is 0.250. The van der Waals surface area contributed by atoms with E-state index >= 15 is 0 Å². The first kappa shape index (κ1) is 18.3. The van der Waals surface area contributed by atoms with Gasteiger partial charge < -0.3 is 5.32 Å². The SMILES string of the molecule is CCCCCCCCCCNCC1(CCl)CCCCC1. The summed E-state index contributed by atoms with van der Waals surface area (Å²) in [5.41, 5.74) is 0.417. The number of alkyl halides is 1. The van der Waals surface area contributed by atoms with Crippen molar-refractivity contribution in [1.82, 2.24) is 5.32 Å². The van der Waals surface area contributed by atoms with Crippen LogP contribution in [-0.2, 0) is 0 Å². The first-order chi connectivity index (χ1) is 9.83. The highest BCUT2D eigenvalue weighted by atomic mass is 35.5. The van der Waals surface area contributed by atoms with Gasteiger partial charge in [-0.25, -0.2) is 0 Å². The fourth-order valence-corrected chi connectivity index (χ4v) is 3.76. The van der Waals surface area contributed by atoms with Gasteiger partial charge in [0, 0.05) is 12.4 Å². The Bertz CT molecular complexity index is 211. The molecule has 2 heteroatoms. The predicted octanol–water partition coefficient (Wildman–Crippen LogP) is 5.91. The third-order valence-corrected chi connectivity index (χ3v) is 5.47. The van der Waals surface area contributed by atoms with E-state index in [2.05, 4.69) is 12.2 Å². The van der Waals surface area contributed by atoms with E-state index in [9.17, 15) is 0 Å².